The molecule has 1 amide bonds. The minimum atomic E-state index is -1.02. The molecule has 2 heterocycles. The van der Waals surface area contributed by atoms with Gasteiger partial charge in [0.15, 0.2) is 11.8 Å². The number of carbonyl (C=O) groups excluding carboxylic acids is 2. The molecule has 0 spiro atoms. The molecule has 9 heteroatoms. The molecule has 0 aliphatic carbocycles. The molecule has 5 nitrogen and oxygen atoms in total. The first kappa shape index (κ1) is 18.8. The van der Waals surface area contributed by atoms with Crippen LogP contribution in [0.15, 0.2) is 41.1 Å². The Hall–Kier alpha value is -1.93. The monoisotopic (exact) mass is 426 g/mol. The molecule has 1 aromatic carbocycles. The summed E-state index contributed by atoms with van der Waals surface area (Å²) in [6.45, 7) is 1.47. The number of carbonyl (C=O) groups is 2. The second kappa shape index (κ2) is 8.18. The summed E-state index contributed by atoms with van der Waals surface area (Å²) in [7, 11) is 0. The number of hydrogen-bond donors (Lipinski definition) is 1. The van der Waals surface area contributed by atoms with Gasteiger partial charge in [0.05, 0.1) is 15.6 Å². The van der Waals surface area contributed by atoms with Crippen molar-refractivity contribution >= 4 is 63.4 Å². The molecule has 26 heavy (non-hydrogen) atoms. The maximum Gasteiger partial charge on any atom is 0.358 e. The number of benzene rings is 1. The molecule has 0 bridgehead atoms. The van der Waals surface area contributed by atoms with Crippen molar-refractivity contribution in [1.29, 1.82) is 0 Å². The Labute approximate surface area is 167 Å². The van der Waals surface area contributed by atoms with Crippen LogP contribution < -0.4 is 5.32 Å². The minimum absolute atomic E-state index is 0.166. The highest BCUT2D eigenvalue weighted by molar-refractivity contribution is 7.20. The number of thiophene rings is 1. The predicted octanol–water partition coefficient (Wildman–Crippen LogP) is 5.36. The van der Waals surface area contributed by atoms with E-state index < -0.39 is 18.0 Å². The number of esters is 1. The molecule has 0 aliphatic heterocycles. The lowest BCUT2D eigenvalue weighted by Gasteiger charge is -2.13. The van der Waals surface area contributed by atoms with Gasteiger partial charge in [-0.15, -0.1) is 22.7 Å². The van der Waals surface area contributed by atoms with Crippen molar-refractivity contribution < 1.29 is 14.3 Å². The standard InChI is InChI=1S/C17H12Cl2N2O3S2/c1-9(15(22)20-12-7-10(18)4-5-11(12)19)24-17(23)13-8-26-16(21-13)14-3-2-6-25-14/h2-9H,1H3,(H,20,22). The van der Waals surface area contributed by atoms with E-state index in [1.807, 2.05) is 17.5 Å². The van der Waals surface area contributed by atoms with Gasteiger partial charge >= 0.3 is 5.97 Å². The molecule has 0 aliphatic rings. The van der Waals surface area contributed by atoms with Gasteiger partial charge in [0.1, 0.15) is 5.01 Å². The van der Waals surface area contributed by atoms with Gasteiger partial charge in [-0.1, -0.05) is 29.3 Å². The molecule has 0 fully saturated rings. The van der Waals surface area contributed by atoms with E-state index in [0.717, 1.165) is 9.88 Å². The molecule has 0 saturated carbocycles. The fraction of sp³-hybridized carbons (Fsp3) is 0.118. The van der Waals surface area contributed by atoms with E-state index in [1.54, 1.807) is 17.5 Å². The average molecular weight is 427 g/mol. The van der Waals surface area contributed by atoms with E-state index in [2.05, 4.69) is 10.3 Å². The van der Waals surface area contributed by atoms with Crippen LogP contribution >= 0.6 is 45.9 Å². The molecular formula is C17H12Cl2N2O3S2. The fourth-order valence-electron chi connectivity index (χ4n) is 1.98. The summed E-state index contributed by atoms with van der Waals surface area (Å²) in [4.78, 5) is 29.7. The highest BCUT2D eigenvalue weighted by Crippen LogP contribution is 2.28. The van der Waals surface area contributed by atoms with E-state index in [-0.39, 0.29) is 5.69 Å². The SMILES string of the molecule is CC(OC(=O)c1csc(-c2cccs2)n1)C(=O)Nc1cc(Cl)ccc1Cl. The van der Waals surface area contributed by atoms with E-state index in [0.29, 0.717) is 15.7 Å². The Morgan fingerprint density at radius 3 is 2.77 bits per heavy atom. The van der Waals surface area contributed by atoms with Crippen molar-refractivity contribution in [3.05, 3.63) is 56.8 Å². The van der Waals surface area contributed by atoms with Crippen molar-refractivity contribution in [2.24, 2.45) is 0 Å². The number of ether oxygens (including phenoxy) is 1. The highest BCUT2D eigenvalue weighted by Gasteiger charge is 2.22. The molecule has 0 saturated heterocycles. The number of rotatable bonds is 5. The number of anilines is 1. The number of halogens is 2. The number of nitrogens with zero attached hydrogens (tertiary/aromatic N) is 1. The first-order chi connectivity index (χ1) is 12.4. The van der Waals surface area contributed by atoms with Gasteiger partial charge in [0.2, 0.25) is 0 Å². The zero-order valence-corrected chi connectivity index (χ0v) is 16.5. The first-order valence-electron chi connectivity index (χ1n) is 7.40. The van der Waals surface area contributed by atoms with Crippen molar-refractivity contribution in [3.63, 3.8) is 0 Å². The number of aromatic nitrogens is 1. The zero-order valence-electron chi connectivity index (χ0n) is 13.4. The third-order valence-corrected chi connectivity index (χ3v) is 5.73. The Bertz CT molecular complexity index is 941. The lowest BCUT2D eigenvalue weighted by Crippen LogP contribution is -2.30. The smallest absolute Gasteiger partial charge is 0.358 e. The lowest BCUT2D eigenvalue weighted by molar-refractivity contribution is -0.123. The molecule has 2 aromatic heterocycles. The van der Waals surface area contributed by atoms with Gasteiger partial charge in [0.25, 0.3) is 5.91 Å². The summed E-state index contributed by atoms with van der Waals surface area (Å²) in [5.41, 5.74) is 0.513. The first-order valence-corrected chi connectivity index (χ1v) is 9.92. The fourth-order valence-corrected chi connectivity index (χ4v) is 3.92. The number of nitrogens with one attached hydrogen (secondary N) is 1. The van der Waals surface area contributed by atoms with Crippen molar-refractivity contribution in [3.8, 4) is 9.88 Å². The van der Waals surface area contributed by atoms with E-state index in [9.17, 15) is 9.59 Å². The second-order valence-electron chi connectivity index (χ2n) is 5.18. The summed E-state index contributed by atoms with van der Waals surface area (Å²) in [6, 6.07) is 8.52. The van der Waals surface area contributed by atoms with Crippen LogP contribution in [0.5, 0.6) is 0 Å². The largest absolute Gasteiger partial charge is 0.448 e. The van der Waals surface area contributed by atoms with Crippen LogP contribution in [0.4, 0.5) is 5.69 Å². The molecule has 3 rings (SSSR count). The quantitative estimate of drug-likeness (QED) is 0.557. The van der Waals surface area contributed by atoms with Gasteiger partial charge in [-0.05, 0) is 36.6 Å². The van der Waals surface area contributed by atoms with Crippen LogP contribution in [0.3, 0.4) is 0 Å². The molecule has 1 unspecified atom stereocenters. The minimum Gasteiger partial charge on any atom is -0.448 e. The summed E-state index contributed by atoms with van der Waals surface area (Å²) in [6.07, 6.45) is -1.02. The summed E-state index contributed by atoms with van der Waals surface area (Å²) in [5, 5.41) is 7.62. The van der Waals surface area contributed by atoms with Crippen molar-refractivity contribution in [1.82, 2.24) is 4.98 Å². The van der Waals surface area contributed by atoms with Crippen LogP contribution in [0.1, 0.15) is 17.4 Å². The summed E-state index contributed by atoms with van der Waals surface area (Å²) >= 11 is 14.8. The van der Waals surface area contributed by atoms with E-state index in [4.69, 9.17) is 27.9 Å². The third-order valence-electron chi connectivity index (χ3n) is 3.28. The van der Waals surface area contributed by atoms with Gasteiger partial charge < -0.3 is 10.1 Å². The summed E-state index contributed by atoms with van der Waals surface area (Å²) < 4.78 is 5.19. The van der Waals surface area contributed by atoms with Gasteiger partial charge in [-0.3, -0.25) is 4.79 Å². The van der Waals surface area contributed by atoms with E-state index in [1.165, 1.54) is 35.7 Å². The lowest BCUT2D eigenvalue weighted by atomic mass is 10.3. The maximum absolute atomic E-state index is 12.2. The number of thiazole rings is 1. The van der Waals surface area contributed by atoms with Gasteiger partial charge in [0, 0.05) is 10.4 Å². The number of amides is 1. The van der Waals surface area contributed by atoms with Crippen LogP contribution in [-0.4, -0.2) is 23.0 Å². The molecule has 1 N–H and O–H groups in total. The average Bonchev–Trinajstić information content (AvgIpc) is 3.28. The van der Waals surface area contributed by atoms with E-state index >= 15 is 0 Å². The Kier molecular flexibility index (Phi) is 5.93. The zero-order chi connectivity index (χ0) is 18.7. The molecular weight excluding hydrogens is 415 g/mol. The summed E-state index contributed by atoms with van der Waals surface area (Å²) in [5.74, 6) is -1.18. The van der Waals surface area contributed by atoms with Crippen LogP contribution in [0, 0.1) is 0 Å². The Morgan fingerprint density at radius 2 is 2.04 bits per heavy atom. The van der Waals surface area contributed by atoms with Crippen molar-refractivity contribution in [2.75, 3.05) is 5.32 Å². The Balaban J connectivity index is 1.63. The molecule has 1 atom stereocenters. The topological polar surface area (TPSA) is 68.3 Å². The highest BCUT2D eigenvalue weighted by atomic mass is 35.5. The molecule has 3 aromatic rings. The molecule has 134 valence electrons. The van der Waals surface area contributed by atoms with Gasteiger partial charge in [-0.2, -0.15) is 0 Å². The predicted molar refractivity (Wildman–Crippen MR) is 105 cm³/mol. The van der Waals surface area contributed by atoms with Gasteiger partial charge in [-0.25, -0.2) is 9.78 Å². The normalized spacial score (nSPS) is 11.8. The van der Waals surface area contributed by atoms with Crippen LogP contribution in [0.25, 0.3) is 9.88 Å². The van der Waals surface area contributed by atoms with Crippen molar-refractivity contribution in [2.45, 2.75) is 13.0 Å². The number of hydrogen-bond acceptors (Lipinski definition) is 6. The maximum atomic E-state index is 12.2. The Morgan fingerprint density at radius 1 is 1.23 bits per heavy atom. The second-order valence-corrected chi connectivity index (χ2v) is 7.83. The van der Waals surface area contributed by atoms with Crippen LogP contribution in [0.2, 0.25) is 10.0 Å². The van der Waals surface area contributed by atoms with Crippen LogP contribution in [-0.2, 0) is 9.53 Å². The third kappa shape index (κ3) is 4.42. The molecule has 0 radical (unpaired) electrons.